The summed E-state index contributed by atoms with van der Waals surface area (Å²) < 4.78 is 12.5. The number of benzene rings is 1. The largest absolute Gasteiger partial charge is 0.486 e. The second-order valence-electron chi connectivity index (χ2n) is 5.10. The highest BCUT2D eigenvalue weighted by molar-refractivity contribution is 9.10. The lowest BCUT2D eigenvalue weighted by Gasteiger charge is -2.07. The third-order valence-corrected chi connectivity index (χ3v) is 3.80. The normalized spacial score (nSPS) is 11.1. The SMILES string of the molecule is Cc1cc(OCc2ccc(CNC(C)C)o2)ccc1Br. The number of hydrogen-bond donors (Lipinski definition) is 1. The van der Waals surface area contributed by atoms with Crippen LogP contribution in [0.2, 0.25) is 0 Å². The lowest BCUT2D eigenvalue weighted by molar-refractivity contribution is 0.264. The molecular formula is C16H20BrNO2. The molecule has 0 aliphatic carbocycles. The first-order valence-electron chi connectivity index (χ1n) is 6.74. The molecule has 20 heavy (non-hydrogen) atoms. The third kappa shape index (κ3) is 4.39. The van der Waals surface area contributed by atoms with E-state index in [4.69, 9.17) is 9.15 Å². The Hall–Kier alpha value is -1.26. The topological polar surface area (TPSA) is 34.4 Å². The summed E-state index contributed by atoms with van der Waals surface area (Å²) in [7, 11) is 0. The molecular weight excluding hydrogens is 318 g/mol. The Morgan fingerprint density at radius 1 is 1.20 bits per heavy atom. The van der Waals surface area contributed by atoms with E-state index in [2.05, 4.69) is 35.1 Å². The van der Waals surface area contributed by atoms with Gasteiger partial charge in [-0.2, -0.15) is 0 Å². The predicted molar refractivity (Wildman–Crippen MR) is 83.9 cm³/mol. The van der Waals surface area contributed by atoms with Gasteiger partial charge in [0, 0.05) is 10.5 Å². The van der Waals surface area contributed by atoms with Crippen molar-refractivity contribution in [1.29, 1.82) is 0 Å². The molecule has 1 heterocycles. The van der Waals surface area contributed by atoms with Gasteiger partial charge in [0.2, 0.25) is 0 Å². The van der Waals surface area contributed by atoms with Crippen molar-refractivity contribution < 1.29 is 9.15 Å². The first-order valence-corrected chi connectivity index (χ1v) is 7.54. The molecule has 0 bridgehead atoms. The van der Waals surface area contributed by atoms with Crippen LogP contribution in [0.4, 0.5) is 0 Å². The molecule has 1 aromatic heterocycles. The van der Waals surface area contributed by atoms with Crippen LogP contribution in [-0.2, 0) is 13.2 Å². The zero-order valence-electron chi connectivity index (χ0n) is 12.1. The van der Waals surface area contributed by atoms with Crippen molar-refractivity contribution in [3.8, 4) is 5.75 Å². The smallest absolute Gasteiger partial charge is 0.146 e. The van der Waals surface area contributed by atoms with Gasteiger partial charge >= 0.3 is 0 Å². The molecule has 0 unspecified atom stereocenters. The summed E-state index contributed by atoms with van der Waals surface area (Å²) in [6, 6.07) is 10.3. The number of furan rings is 1. The van der Waals surface area contributed by atoms with Crippen LogP contribution >= 0.6 is 15.9 Å². The van der Waals surface area contributed by atoms with E-state index in [9.17, 15) is 0 Å². The van der Waals surface area contributed by atoms with Crippen LogP contribution in [0.25, 0.3) is 0 Å². The zero-order chi connectivity index (χ0) is 14.5. The molecule has 3 nitrogen and oxygen atoms in total. The maximum Gasteiger partial charge on any atom is 0.146 e. The van der Waals surface area contributed by atoms with Gasteiger partial charge < -0.3 is 14.5 Å². The summed E-state index contributed by atoms with van der Waals surface area (Å²) in [4.78, 5) is 0. The Balaban J connectivity index is 1.89. The van der Waals surface area contributed by atoms with Crippen LogP contribution in [0, 0.1) is 6.92 Å². The van der Waals surface area contributed by atoms with Gasteiger partial charge in [-0.3, -0.25) is 0 Å². The van der Waals surface area contributed by atoms with Gasteiger partial charge in [0.05, 0.1) is 6.54 Å². The summed E-state index contributed by atoms with van der Waals surface area (Å²) in [6.45, 7) is 7.46. The zero-order valence-corrected chi connectivity index (χ0v) is 13.7. The Morgan fingerprint density at radius 3 is 2.65 bits per heavy atom. The quantitative estimate of drug-likeness (QED) is 0.846. The minimum absolute atomic E-state index is 0.447. The molecule has 1 N–H and O–H groups in total. The minimum Gasteiger partial charge on any atom is -0.486 e. The highest BCUT2D eigenvalue weighted by Crippen LogP contribution is 2.22. The van der Waals surface area contributed by atoms with E-state index in [1.165, 1.54) is 0 Å². The van der Waals surface area contributed by atoms with Crippen LogP contribution < -0.4 is 10.1 Å². The summed E-state index contributed by atoms with van der Waals surface area (Å²) in [5.41, 5.74) is 1.16. The van der Waals surface area contributed by atoms with Gasteiger partial charge in [-0.25, -0.2) is 0 Å². The highest BCUT2D eigenvalue weighted by atomic mass is 79.9. The molecule has 0 radical (unpaired) electrons. The standard InChI is InChI=1S/C16H20BrNO2/c1-11(2)18-9-14-4-5-15(20-14)10-19-13-6-7-16(17)12(3)8-13/h4-8,11,18H,9-10H2,1-3H3. The second kappa shape index (κ2) is 6.95. The van der Waals surface area contributed by atoms with Gasteiger partial charge in [0.25, 0.3) is 0 Å². The number of aryl methyl sites for hydroxylation is 1. The molecule has 0 fully saturated rings. The molecule has 0 saturated carbocycles. The second-order valence-corrected chi connectivity index (χ2v) is 5.96. The number of hydrogen-bond acceptors (Lipinski definition) is 3. The number of rotatable bonds is 6. The van der Waals surface area contributed by atoms with Crippen molar-refractivity contribution in [2.24, 2.45) is 0 Å². The van der Waals surface area contributed by atoms with E-state index in [0.29, 0.717) is 12.6 Å². The van der Waals surface area contributed by atoms with Gasteiger partial charge in [-0.15, -0.1) is 0 Å². The summed E-state index contributed by atoms with van der Waals surface area (Å²) in [5, 5.41) is 3.32. The highest BCUT2D eigenvalue weighted by Gasteiger charge is 2.04. The average molecular weight is 338 g/mol. The first kappa shape index (κ1) is 15.1. The van der Waals surface area contributed by atoms with E-state index < -0.39 is 0 Å². The monoisotopic (exact) mass is 337 g/mol. The van der Waals surface area contributed by atoms with Crippen LogP contribution in [0.1, 0.15) is 30.9 Å². The lowest BCUT2D eigenvalue weighted by atomic mass is 10.2. The van der Waals surface area contributed by atoms with E-state index in [0.717, 1.165) is 33.9 Å². The predicted octanol–water partition coefficient (Wildman–Crippen LogP) is 4.43. The van der Waals surface area contributed by atoms with E-state index >= 15 is 0 Å². The molecule has 2 rings (SSSR count). The van der Waals surface area contributed by atoms with Gasteiger partial charge in [-0.1, -0.05) is 29.8 Å². The molecule has 4 heteroatoms. The Morgan fingerprint density at radius 2 is 1.95 bits per heavy atom. The van der Waals surface area contributed by atoms with E-state index in [1.54, 1.807) is 0 Å². The van der Waals surface area contributed by atoms with Crippen molar-refractivity contribution in [2.75, 3.05) is 0 Å². The van der Waals surface area contributed by atoms with Crippen LogP contribution in [0.5, 0.6) is 5.75 Å². The maximum atomic E-state index is 5.73. The summed E-state index contributed by atoms with van der Waals surface area (Å²) >= 11 is 3.48. The average Bonchev–Trinajstić information content (AvgIpc) is 2.86. The first-order chi connectivity index (χ1) is 9.54. The number of ether oxygens (including phenoxy) is 1. The van der Waals surface area contributed by atoms with Gasteiger partial charge in [-0.05, 0) is 42.8 Å². The van der Waals surface area contributed by atoms with Gasteiger partial charge in [0.15, 0.2) is 0 Å². The van der Waals surface area contributed by atoms with Crippen molar-refractivity contribution in [2.45, 2.75) is 40.0 Å². The Kier molecular flexibility index (Phi) is 5.26. The molecule has 108 valence electrons. The molecule has 0 amide bonds. The minimum atomic E-state index is 0.447. The molecule has 0 spiro atoms. The van der Waals surface area contributed by atoms with Crippen molar-refractivity contribution in [3.63, 3.8) is 0 Å². The van der Waals surface area contributed by atoms with Crippen molar-refractivity contribution in [3.05, 3.63) is 51.9 Å². The molecule has 0 atom stereocenters. The molecule has 0 aliphatic heterocycles. The Bertz CT molecular complexity index is 563. The van der Waals surface area contributed by atoms with E-state index in [1.807, 2.05) is 37.3 Å². The maximum absolute atomic E-state index is 5.73. The summed E-state index contributed by atoms with van der Waals surface area (Å²) in [6.07, 6.45) is 0. The Labute approximate surface area is 128 Å². The van der Waals surface area contributed by atoms with E-state index in [-0.39, 0.29) is 0 Å². The van der Waals surface area contributed by atoms with Crippen LogP contribution in [0.3, 0.4) is 0 Å². The molecule has 2 aromatic rings. The molecule has 0 aliphatic rings. The summed E-state index contributed by atoms with van der Waals surface area (Å²) in [5.74, 6) is 2.62. The van der Waals surface area contributed by atoms with Crippen LogP contribution in [-0.4, -0.2) is 6.04 Å². The fourth-order valence-corrected chi connectivity index (χ4v) is 2.01. The number of halogens is 1. The van der Waals surface area contributed by atoms with Crippen LogP contribution in [0.15, 0.2) is 39.2 Å². The fraction of sp³-hybridized carbons (Fsp3) is 0.375. The number of nitrogens with one attached hydrogen (secondary N) is 1. The molecule has 1 aromatic carbocycles. The third-order valence-electron chi connectivity index (χ3n) is 2.91. The molecule has 0 saturated heterocycles. The van der Waals surface area contributed by atoms with Gasteiger partial charge in [0.1, 0.15) is 23.9 Å². The van der Waals surface area contributed by atoms with Crippen molar-refractivity contribution >= 4 is 15.9 Å². The fourth-order valence-electron chi connectivity index (χ4n) is 1.76. The van der Waals surface area contributed by atoms with Crippen molar-refractivity contribution in [1.82, 2.24) is 5.32 Å². The lowest BCUT2D eigenvalue weighted by Crippen LogP contribution is -2.21.